The Balaban J connectivity index is 2.32. The first kappa shape index (κ1) is 22.6. The van der Waals surface area contributed by atoms with Gasteiger partial charge in [0.2, 0.25) is 0 Å². The average molecular weight is 424 g/mol. The van der Waals surface area contributed by atoms with Crippen LogP contribution in [0.4, 0.5) is 4.39 Å². The number of pyridine rings is 1. The van der Waals surface area contributed by atoms with E-state index in [1.807, 2.05) is 33.8 Å². The fourth-order valence-electron chi connectivity index (χ4n) is 3.62. The zero-order chi connectivity index (χ0) is 23.1. The highest BCUT2D eigenvalue weighted by atomic mass is 19.1. The van der Waals surface area contributed by atoms with Gasteiger partial charge < -0.3 is 14.5 Å². The number of ether oxygens (including phenoxy) is 2. The summed E-state index contributed by atoms with van der Waals surface area (Å²) in [5.41, 5.74) is 5.64. The van der Waals surface area contributed by atoms with Crippen LogP contribution in [0.2, 0.25) is 0 Å². The van der Waals surface area contributed by atoms with E-state index in [2.05, 4.69) is 31.8 Å². The number of hydrogen-bond donors (Lipinski definition) is 1. The van der Waals surface area contributed by atoms with Crippen molar-refractivity contribution in [1.82, 2.24) is 4.98 Å². The smallest absolute Gasteiger partial charge is 0.188 e. The number of nitrogens with one attached hydrogen (secondary N) is 1. The number of aryl methyl sites for hydroxylation is 2. The minimum absolute atomic E-state index is 0.0101. The summed E-state index contributed by atoms with van der Waals surface area (Å²) in [5, 5.41) is 0. The maximum Gasteiger partial charge on any atom is 0.188 e. The molecule has 1 heterocycles. The normalized spacial score (nSPS) is 11.5. The molecule has 5 heteroatoms. The number of H-pyrrole nitrogens is 1. The van der Waals surface area contributed by atoms with Crippen molar-refractivity contribution in [2.45, 2.75) is 53.9 Å². The number of aromatic nitrogens is 1. The summed E-state index contributed by atoms with van der Waals surface area (Å²) in [6.07, 6.45) is 0. The van der Waals surface area contributed by atoms with E-state index in [1.54, 1.807) is 6.07 Å². The number of halogens is 1. The van der Waals surface area contributed by atoms with Gasteiger partial charge in [-0.2, -0.15) is 0 Å². The predicted octanol–water partition coefficient (Wildman–Crippen LogP) is 6.51. The molecular formula is C26H30FNO3. The Labute approximate surface area is 183 Å². The molecule has 3 aromatic rings. The molecule has 0 unspecified atom stereocenters. The highest BCUT2D eigenvalue weighted by molar-refractivity contribution is 5.75. The van der Waals surface area contributed by atoms with Crippen molar-refractivity contribution in [3.8, 4) is 28.5 Å². The Morgan fingerprint density at radius 2 is 1.58 bits per heavy atom. The topological polar surface area (TPSA) is 51.3 Å². The average Bonchev–Trinajstić information content (AvgIpc) is 2.70. The Hall–Kier alpha value is -3.08. The summed E-state index contributed by atoms with van der Waals surface area (Å²) in [5.74, 6) is 0.879. The third-order valence-corrected chi connectivity index (χ3v) is 5.69. The lowest BCUT2D eigenvalue weighted by atomic mass is 9.84. The molecule has 3 rings (SSSR count). The molecule has 4 nitrogen and oxygen atoms in total. The van der Waals surface area contributed by atoms with Gasteiger partial charge >= 0.3 is 0 Å². The van der Waals surface area contributed by atoms with Crippen LogP contribution >= 0.6 is 0 Å². The lowest BCUT2D eigenvalue weighted by Crippen LogP contribution is -2.16. The summed E-state index contributed by atoms with van der Waals surface area (Å²) >= 11 is 0. The molecule has 0 saturated carbocycles. The van der Waals surface area contributed by atoms with E-state index in [0.29, 0.717) is 28.4 Å². The van der Waals surface area contributed by atoms with Gasteiger partial charge in [0.1, 0.15) is 11.6 Å². The minimum Gasteiger partial charge on any atom is -0.493 e. The van der Waals surface area contributed by atoms with Gasteiger partial charge in [-0.15, -0.1) is 0 Å². The molecule has 31 heavy (non-hydrogen) atoms. The summed E-state index contributed by atoms with van der Waals surface area (Å²) < 4.78 is 25.3. The van der Waals surface area contributed by atoms with Crippen LogP contribution in [0.3, 0.4) is 0 Å². The number of methoxy groups -OCH3 is 1. The van der Waals surface area contributed by atoms with Crippen LogP contribution in [0, 0.1) is 33.5 Å². The molecule has 0 amide bonds. The van der Waals surface area contributed by atoms with Crippen molar-refractivity contribution in [1.29, 1.82) is 0 Å². The molecule has 1 aromatic heterocycles. The van der Waals surface area contributed by atoms with Gasteiger partial charge in [-0.1, -0.05) is 26.8 Å². The van der Waals surface area contributed by atoms with Crippen molar-refractivity contribution in [2.75, 3.05) is 7.11 Å². The maximum absolute atomic E-state index is 13.7. The molecule has 0 spiro atoms. The Morgan fingerprint density at radius 1 is 0.903 bits per heavy atom. The molecule has 0 bridgehead atoms. The third-order valence-electron chi connectivity index (χ3n) is 5.69. The molecule has 2 aromatic carbocycles. The first-order chi connectivity index (χ1) is 14.4. The van der Waals surface area contributed by atoms with E-state index < -0.39 is 5.82 Å². The highest BCUT2D eigenvalue weighted by Gasteiger charge is 2.23. The number of benzene rings is 2. The van der Waals surface area contributed by atoms with Crippen LogP contribution in [0.15, 0.2) is 35.1 Å². The largest absolute Gasteiger partial charge is 0.493 e. The second-order valence-electron chi connectivity index (χ2n) is 9.02. The van der Waals surface area contributed by atoms with Crippen LogP contribution in [0.25, 0.3) is 11.3 Å². The van der Waals surface area contributed by atoms with Gasteiger partial charge in [-0.25, -0.2) is 4.39 Å². The first-order valence-electron chi connectivity index (χ1n) is 10.3. The minimum atomic E-state index is -0.404. The van der Waals surface area contributed by atoms with Crippen LogP contribution in [0.5, 0.6) is 17.2 Å². The molecule has 0 aliphatic heterocycles. The van der Waals surface area contributed by atoms with E-state index in [1.165, 1.54) is 19.2 Å². The Bertz CT molecular complexity index is 1200. The highest BCUT2D eigenvalue weighted by Crippen LogP contribution is 2.42. The lowest BCUT2D eigenvalue weighted by molar-refractivity contribution is 0.375. The SMILES string of the molecule is COc1cc(F)ccc1Oc1cc(C(C)(C)C)cc(C)c1-c1[nH]c(C)c(C)c(=O)c1C. The van der Waals surface area contributed by atoms with Crippen LogP contribution in [-0.4, -0.2) is 12.1 Å². The molecule has 0 aliphatic carbocycles. The third kappa shape index (κ3) is 4.36. The molecule has 0 aliphatic rings. The summed E-state index contributed by atoms with van der Waals surface area (Å²) in [6.45, 7) is 13.9. The molecule has 0 atom stereocenters. The predicted molar refractivity (Wildman–Crippen MR) is 123 cm³/mol. The maximum atomic E-state index is 13.7. The number of hydrogen-bond acceptors (Lipinski definition) is 3. The van der Waals surface area contributed by atoms with Crippen molar-refractivity contribution in [3.63, 3.8) is 0 Å². The van der Waals surface area contributed by atoms with Crippen LogP contribution in [0.1, 0.15) is 48.7 Å². The second-order valence-corrected chi connectivity index (χ2v) is 9.02. The standard InChI is InChI=1S/C26H30FNO3/c1-14-11-18(26(5,6)7)12-22(31-20-10-9-19(27)13-21(20)30-8)23(14)24-16(3)25(29)15(2)17(4)28-24/h9-13H,1-8H3,(H,28,29). The van der Waals surface area contributed by atoms with Gasteiger partial charge in [0.15, 0.2) is 16.9 Å². The Kier molecular flexibility index (Phi) is 5.99. The first-order valence-corrected chi connectivity index (χ1v) is 10.3. The van der Waals surface area contributed by atoms with Crippen molar-refractivity contribution >= 4 is 0 Å². The fraction of sp³-hybridized carbons (Fsp3) is 0.346. The van der Waals surface area contributed by atoms with Crippen molar-refractivity contribution in [3.05, 3.63) is 74.3 Å². The molecule has 164 valence electrons. The zero-order valence-corrected chi connectivity index (χ0v) is 19.5. The number of aromatic amines is 1. The van der Waals surface area contributed by atoms with Crippen molar-refractivity contribution < 1.29 is 13.9 Å². The van der Waals surface area contributed by atoms with Gasteiger partial charge in [-0.05, 0) is 62.4 Å². The van der Waals surface area contributed by atoms with Gasteiger partial charge in [0.05, 0.1) is 12.8 Å². The van der Waals surface area contributed by atoms with E-state index in [-0.39, 0.29) is 10.8 Å². The summed E-state index contributed by atoms with van der Waals surface area (Å²) in [4.78, 5) is 16.2. The van der Waals surface area contributed by atoms with E-state index in [9.17, 15) is 9.18 Å². The summed E-state index contributed by atoms with van der Waals surface area (Å²) in [7, 11) is 1.48. The number of rotatable bonds is 4. The van der Waals surface area contributed by atoms with Gasteiger partial charge in [0.25, 0.3) is 0 Å². The second kappa shape index (κ2) is 8.22. The molecule has 0 saturated heterocycles. The molecule has 1 N–H and O–H groups in total. The van der Waals surface area contributed by atoms with Crippen LogP contribution < -0.4 is 14.9 Å². The van der Waals surface area contributed by atoms with E-state index in [4.69, 9.17) is 9.47 Å². The monoisotopic (exact) mass is 423 g/mol. The van der Waals surface area contributed by atoms with Gasteiger partial charge in [-0.3, -0.25) is 4.79 Å². The van der Waals surface area contributed by atoms with Crippen LogP contribution in [-0.2, 0) is 5.41 Å². The molecule has 0 fully saturated rings. The quantitative estimate of drug-likeness (QED) is 0.520. The van der Waals surface area contributed by atoms with Gasteiger partial charge in [0, 0.05) is 28.5 Å². The van der Waals surface area contributed by atoms with Crippen molar-refractivity contribution in [2.24, 2.45) is 0 Å². The summed E-state index contributed by atoms with van der Waals surface area (Å²) in [6, 6.07) is 8.28. The lowest BCUT2D eigenvalue weighted by Gasteiger charge is -2.24. The Morgan fingerprint density at radius 3 is 2.19 bits per heavy atom. The van der Waals surface area contributed by atoms with E-state index in [0.717, 1.165) is 28.1 Å². The van der Waals surface area contributed by atoms with E-state index >= 15 is 0 Å². The zero-order valence-electron chi connectivity index (χ0n) is 19.5. The fourth-order valence-corrected chi connectivity index (χ4v) is 3.62. The molecular weight excluding hydrogens is 393 g/mol. The molecule has 0 radical (unpaired) electrons.